The summed E-state index contributed by atoms with van der Waals surface area (Å²) in [4.78, 5) is 35.7. The minimum absolute atomic E-state index is 0.00772. The summed E-state index contributed by atoms with van der Waals surface area (Å²) in [6.07, 6.45) is 13.7. The van der Waals surface area contributed by atoms with Crippen LogP contribution in [0.15, 0.2) is 102 Å². The van der Waals surface area contributed by atoms with Crippen LogP contribution in [0.5, 0.6) is 11.5 Å². The molecule has 6 unspecified atom stereocenters. The van der Waals surface area contributed by atoms with Gasteiger partial charge in [0.2, 0.25) is 11.7 Å². The van der Waals surface area contributed by atoms with Gasteiger partial charge in [-0.05, 0) is 96.9 Å². The SMILES string of the molecule is C=CCOC12Oc3ccc(OC(=O)NCc4ccccc4)cc3C3C(CCCCO)C(CCCCO)C=C(C(=NOC)CC1N(Cc1ccc(F)cc1)C(=O)CCC1CCCC1)C32. The third-order valence-corrected chi connectivity index (χ3v) is 13.5. The number of nitrogens with zero attached hydrogens (tertiary/aromatic N) is 2. The molecule has 0 spiro atoms. The molecule has 7 rings (SSSR count). The molecule has 3 aromatic carbocycles. The van der Waals surface area contributed by atoms with Crippen LogP contribution < -0.4 is 14.8 Å². The summed E-state index contributed by atoms with van der Waals surface area (Å²) >= 11 is 0. The molecule has 2 amide bonds. The molecule has 1 aliphatic heterocycles. The molecule has 0 aromatic heterocycles. The molecule has 4 aliphatic rings. The lowest BCUT2D eigenvalue weighted by Crippen LogP contribution is -2.70. The summed E-state index contributed by atoms with van der Waals surface area (Å²) < 4.78 is 34.7. The summed E-state index contributed by atoms with van der Waals surface area (Å²) in [5.41, 5.74) is 4.14. The van der Waals surface area contributed by atoms with Crippen molar-refractivity contribution in [1.82, 2.24) is 10.2 Å². The number of unbranched alkanes of at least 4 members (excludes halogenated alkanes) is 2. The Labute approximate surface area is 371 Å². The van der Waals surface area contributed by atoms with Crippen LogP contribution in [-0.2, 0) is 27.5 Å². The van der Waals surface area contributed by atoms with E-state index in [1.165, 1.54) is 32.1 Å². The first-order chi connectivity index (χ1) is 30.8. The smallest absolute Gasteiger partial charge is 0.412 e. The van der Waals surface area contributed by atoms with E-state index in [1.54, 1.807) is 24.3 Å². The normalized spacial score (nSPS) is 24.4. The van der Waals surface area contributed by atoms with E-state index in [0.29, 0.717) is 48.9 Å². The van der Waals surface area contributed by atoms with E-state index in [2.05, 4.69) is 18.0 Å². The number of nitrogens with one attached hydrogen (secondary N) is 1. The van der Waals surface area contributed by atoms with Gasteiger partial charge in [0, 0.05) is 50.6 Å². The van der Waals surface area contributed by atoms with E-state index in [9.17, 15) is 24.2 Å². The number of hydrogen-bond acceptors (Lipinski definition) is 9. The molecule has 0 saturated heterocycles. The van der Waals surface area contributed by atoms with Crippen LogP contribution in [0, 0.1) is 29.5 Å². The number of rotatable bonds is 21. The Bertz CT molecular complexity index is 2050. The topological polar surface area (TPSA) is 139 Å². The molecule has 11 nitrogen and oxygen atoms in total. The minimum atomic E-state index is -1.45. The number of hydrogen-bond donors (Lipinski definition) is 3. The fourth-order valence-corrected chi connectivity index (χ4v) is 10.7. The molecule has 338 valence electrons. The first-order valence-electron chi connectivity index (χ1n) is 22.9. The lowest BCUT2D eigenvalue weighted by molar-refractivity contribution is -0.258. The zero-order valence-electron chi connectivity index (χ0n) is 36.6. The first-order valence-corrected chi connectivity index (χ1v) is 22.9. The molecule has 0 radical (unpaired) electrons. The zero-order chi connectivity index (χ0) is 44.2. The Morgan fingerprint density at radius 1 is 0.968 bits per heavy atom. The zero-order valence-corrected chi connectivity index (χ0v) is 36.6. The molecule has 63 heavy (non-hydrogen) atoms. The molecule has 3 N–H and O–H groups in total. The summed E-state index contributed by atoms with van der Waals surface area (Å²) in [6.45, 7) is 4.80. The maximum atomic E-state index is 15.0. The number of ether oxygens (including phenoxy) is 3. The minimum Gasteiger partial charge on any atom is -0.459 e. The maximum Gasteiger partial charge on any atom is 0.412 e. The van der Waals surface area contributed by atoms with Crippen LogP contribution in [-0.4, -0.2) is 71.6 Å². The number of carbonyl (C=O) groups excluding carboxylic acids is 2. The Morgan fingerprint density at radius 2 is 1.71 bits per heavy atom. The van der Waals surface area contributed by atoms with Crippen LogP contribution in [0.2, 0.25) is 0 Å². The molecule has 0 bridgehead atoms. The summed E-state index contributed by atoms with van der Waals surface area (Å²) in [5, 5.41) is 27.4. The average Bonchev–Trinajstić information content (AvgIpc) is 3.83. The standard InChI is InChI=1S/C51H64FN3O8/c1-3-29-61-51-46(55(34-37-19-22-39(52)23-20-37)47(58)26-21-35-13-7-8-14-35)32-44(54-60-2)42-30-38(17-9-11-27-56)41(18-10-12-28-57)48(49(42)51)43-31-40(24-25-45(43)63-51)62-50(59)53-33-36-15-5-4-6-16-36/h3-6,15-16,19-20,22-25,30-31,35,38,41,46,48-49,56-57H,1,7-14,17-18,21,26-29,32-34H2,2H3,(H,53,59). The average molecular weight is 866 g/mol. The van der Waals surface area contributed by atoms with Crippen molar-refractivity contribution in [2.75, 3.05) is 26.9 Å². The monoisotopic (exact) mass is 865 g/mol. The van der Waals surface area contributed by atoms with Crippen molar-refractivity contribution >= 4 is 17.7 Å². The third kappa shape index (κ3) is 10.8. The predicted molar refractivity (Wildman–Crippen MR) is 239 cm³/mol. The Kier molecular flexibility index (Phi) is 16.1. The molecular weight excluding hydrogens is 802 g/mol. The second-order valence-electron chi connectivity index (χ2n) is 17.5. The van der Waals surface area contributed by atoms with E-state index in [1.807, 2.05) is 47.4 Å². The van der Waals surface area contributed by atoms with E-state index in [4.69, 9.17) is 24.2 Å². The Balaban J connectivity index is 1.37. The highest BCUT2D eigenvalue weighted by atomic mass is 19.1. The van der Waals surface area contributed by atoms with E-state index < -0.39 is 23.8 Å². The van der Waals surface area contributed by atoms with Gasteiger partial charge in [-0.1, -0.05) is 98.3 Å². The van der Waals surface area contributed by atoms with Gasteiger partial charge in [-0.15, -0.1) is 6.58 Å². The van der Waals surface area contributed by atoms with Gasteiger partial charge in [-0.3, -0.25) is 4.79 Å². The van der Waals surface area contributed by atoms with Gasteiger partial charge in [0.15, 0.2) is 0 Å². The number of aliphatic hydroxyl groups excluding tert-OH is 2. The fourth-order valence-electron chi connectivity index (χ4n) is 10.7. The number of allylic oxidation sites excluding steroid dienone is 1. The largest absolute Gasteiger partial charge is 0.459 e. The second-order valence-corrected chi connectivity index (χ2v) is 17.5. The number of carbonyl (C=O) groups is 2. The predicted octanol–water partition coefficient (Wildman–Crippen LogP) is 9.38. The highest BCUT2D eigenvalue weighted by Crippen LogP contribution is 2.62. The van der Waals surface area contributed by atoms with Crippen molar-refractivity contribution in [3.05, 3.63) is 120 Å². The number of halogens is 1. The van der Waals surface area contributed by atoms with Gasteiger partial charge in [0.1, 0.15) is 30.5 Å². The molecule has 12 heteroatoms. The summed E-state index contributed by atoms with van der Waals surface area (Å²) in [5.74, 6) is -1.25. The van der Waals surface area contributed by atoms with Gasteiger partial charge >= 0.3 is 6.09 Å². The van der Waals surface area contributed by atoms with Crippen molar-refractivity contribution in [3.63, 3.8) is 0 Å². The van der Waals surface area contributed by atoms with Crippen molar-refractivity contribution in [1.29, 1.82) is 0 Å². The van der Waals surface area contributed by atoms with Crippen LogP contribution in [0.3, 0.4) is 0 Å². The van der Waals surface area contributed by atoms with Crippen LogP contribution in [0.1, 0.15) is 106 Å². The highest BCUT2D eigenvalue weighted by Gasteiger charge is 2.65. The second kappa shape index (κ2) is 22.0. The number of oxime groups is 1. The molecule has 1 heterocycles. The van der Waals surface area contributed by atoms with Gasteiger partial charge in [-0.25, -0.2) is 9.18 Å². The number of fused-ring (bicyclic) bond motifs is 2. The molecule has 2 fully saturated rings. The van der Waals surface area contributed by atoms with E-state index >= 15 is 0 Å². The van der Waals surface area contributed by atoms with Gasteiger partial charge in [-0.2, -0.15) is 0 Å². The third-order valence-electron chi connectivity index (χ3n) is 13.5. The van der Waals surface area contributed by atoms with Crippen molar-refractivity contribution in [3.8, 4) is 11.5 Å². The fraction of sp³-hybridized carbons (Fsp3) is 0.510. The molecule has 3 aromatic rings. The molecule has 6 atom stereocenters. The highest BCUT2D eigenvalue weighted by molar-refractivity contribution is 6.03. The lowest BCUT2D eigenvalue weighted by Gasteiger charge is -2.60. The number of aliphatic hydroxyl groups is 2. The van der Waals surface area contributed by atoms with Crippen LogP contribution in [0.25, 0.3) is 0 Å². The summed E-state index contributed by atoms with van der Waals surface area (Å²) in [7, 11) is 1.53. The molecule has 3 aliphatic carbocycles. The Hall–Kier alpha value is -5.04. The molecule has 2 saturated carbocycles. The van der Waals surface area contributed by atoms with Gasteiger partial charge in [0.25, 0.3) is 0 Å². The van der Waals surface area contributed by atoms with Crippen LogP contribution in [0.4, 0.5) is 9.18 Å². The van der Waals surface area contributed by atoms with Gasteiger partial charge < -0.3 is 39.5 Å². The van der Waals surface area contributed by atoms with Crippen molar-refractivity contribution < 1.29 is 43.2 Å². The van der Waals surface area contributed by atoms with E-state index in [0.717, 1.165) is 67.2 Å². The van der Waals surface area contributed by atoms with Crippen molar-refractivity contribution in [2.24, 2.45) is 28.8 Å². The number of benzene rings is 3. The maximum absolute atomic E-state index is 15.0. The quantitative estimate of drug-likeness (QED) is 0.0547. The van der Waals surface area contributed by atoms with E-state index in [-0.39, 0.29) is 62.3 Å². The van der Waals surface area contributed by atoms with Crippen molar-refractivity contribution in [2.45, 2.75) is 114 Å². The van der Waals surface area contributed by atoms with Crippen LogP contribution >= 0.6 is 0 Å². The van der Waals surface area contributed by atoms with Gasteiger partial charge in [0.05, 0.1) is 18.2 Å². The number of amides is 2. The Morgan fingerprint density at radius 3 is 2.43 bits per heavy atom. The molecular formula is C51H64FN3O8. The first kappa shape index (κ1) is 46.0. The lowest BCUT2D eigenvalue weighted by atomic mass is 9.55. The summed E-state index contributed by atoms with van der Waals surface area (Å²) in [6, 6.07) is 20.6.